The first-order chi connectivity index (χ1) is 10.5. The summed E-state index contributed by atoms with van der Waals surface area (Å²) in [6.45, 7) is 5.91. The predicted octanol–water partition coefficient (Wildman–Crippen LogP) is 4.41. The zero-order chi connectivity index (χ0) is 16.1. The molecule has 0 saturated heterocycles. The van der Waals surface area contributed by atoms with Gasteiger partial charge in [-0.25, -0.2) is 4.98 Å². The van der Waals surface area contributed by atoms with Gasteiger partial charge >= 0.3 is 0 Å². The van der Waals surface area contributed by atoms with Crippen LogP contribution in [0.15, 0.2) is 29.6 Å². The van der Waals surface area contributed by atoms with E-state index < -0.39 is 6.10 Å². The first-order valence-corrected chi connectivity index (χ1v) is 8.49. The number of anilines is 1. The molecular weight excluding hydrogens is 320 g/mol. The van der Waals surface area contributed by atoms with E-state index in [9.17, 15) is 4.79 Å². The minimum absolute atomic E-state index is 0.228. The number of benzene rings is 1. The van der Waals surface area contributed by atoms with Gasteiger partial charge in [0.05, 0.1) is 11.6 Å². The molecule has 0 saturated carbocycles. The Morgan fingerprint density at radius 3 is 2.73 bits per heavy atom. The molecule has 0 bridgehead atoms. The van der Waals surface area contributed by atoms with Crippen LogP contribution in [-0.4, -0.2) is 17.0 Å². The van der Waals surface area contributed by atoms with Crippen LogP contribution in [0.5, 0.6) is 5.75 Å². The summed E-state index contributed by atoms with van der Waals surface area (Å²) in [5, 5.41) is 5.11. The van der Waals surface area contributed by atoms with Crippen molar-refractivity contribution in [3.8, 4) is 5.75 Å². The van der Waals surface area contributed by atoms with Crippen LogP contribution >= 0.6 is 22.9 Å². The van der Waals surface area contributed by atoms with Gasteiger partial charge in [-0.15, -0.1) is 22.9 Å². The Morgan fingerprint density at radius 2 is 2.09 bits per heavy atom. The molecule has 1 amide bonds. The summed E-state index contributed by atoms with van der Waals surface area (Å²) in [6, 6.07) is 7.77. The van der Waals surface area contributed by atoms with Crippen LogP contribution < -0.4 is 10.1 Å². The van der Waals surface area contributed by atoms with Crippen LogP contribution in [-0.2, 0) is 10.7 Å². The number of ether oxygens (including phenoxy) is 1. The van der Waals surface area contributed by atoms with Gasteiger partial charge in [0.15, 0.2) is 11.2 Å². The third-order valence-corrected chi connectivity index (χ3v) is 4.21. The number of rotatable bonds is 6. The lowest BCUT2D eigenvalue weighted by atomic mass is 10.0. The summed E-state index contributed by atoms with van der Waals surface area (Å²) >= 11 is 7.05. The van der Waals surface area contributed by atoms with Gasteiger partial charge in [0.25, 0.3) is 5.91 Å². The molecule has 1 atom stereocenters. The van der Waals surface area contributed by atoms with Gasteiger partial charge in [-0.05, 0) is 24.5 Å². The van der Waals surface area contributed by atoms with E-state index in [0.717, 1.165) is 17.0 Å². The van der Waals surface area contributed by atoms with Gasteiger partial charge in [-0.3, -0.25) is 10.1 Å². The molecule has 2 aromatic rings. The molecule has 1 unspecified atom stereocenters. The zero-order valence-corrected chi connectivity index (χ0v) is 14.4. The standard InChI is InChI=1S/C16H19ClN2O2S/c1-10(2)13-6-4-5-7-14(13)21-11(3)15(20)19-16-18-12(8-17)9-22-16/h4-7,9-11H,8H2,1-3H3,(H,18,19,20). The van der Waals surface area contributed by atoms with Crippen molar-refractivity contribution in [1.82, 2.24) is 4.98 Å². The maximum absolute atomic E-state index is 12.2. The number of alkyl halides is 1. The molecule has 0 aliphatic rings. The van der Waals surface area contributed by atoms with Gasteiger partial charge in [-0.2, -0.15) is 0 Å². The fourth-order valence-electron chi connectivity index (χ4n) is 1.94. The van der Waals surface area contributed by atoms with Crippen molar-refractivity contribution in [2.24, 2.45) is 0 Å². The van der Waals surface area contributed by atoms with E-state index in [-0.39, 0.29) is 5.91 Å². The van der Waals surface area contributed by atoms with Crippen LogP contribution in [0, 0.1) is 0 Å². The molecule has 1 aromatic heterocycles. The van der Waals surface area contributed by atoms with E-state index in [1.165, 1.54) is 11.3 Å². The fourth-order valence-corrected chi connectivity index (χ4v) is 2.88. The molecule has 1 N–H and O–H groups in total. The smallest absolute Gasteiger partial charge is 0.266 e. The molecule has 0 aliphatic heterocycles. The lowest BCUT2D eigenvalue weighted by Gasteiger charge is -2.18. The Morgan fingerprint density at radius 1 is 1.36 bits per heavy atom. The van der Waals surface area contributed by atoms with Crippen LogP contribution in [0.2, 0.25) is 0 Å². The molecule has 22 heavy (non-hydrogen) atoms. The highest BCUT2D eigenvalue weighted by molar-refractivity contribution is 7.14. The minimum atomic E-state index is -0.608. The second-order valence-corrected chi connectivity index (χ2v) is 6.34. The summed E-state index contributed by atoms with van der Waals surface area (Å²) in [6.07, 6.45) is -0.608. The van der Waals surface area contributed by atoms with Crippen molar-refractivity contribution < 1.29 is 9.53 Å². The summed E-state index contributed by atoms with van der Waals surface area (Å²) < 4.78 is 5.81. The van der Waals surface area contributed by atoms with Crippen molar-refractivity contribution in [1.29, 1.82) is 0 Å². The SMILES string of the molecule is CC(Oc1ccccc1C(C)C)C(=O)Nc1nc(CCl)cs1. The number of halogens is 1. The average Bonchev–Trinajstić information content (AvgIpc) is 2.95. The molecule has 0 spiro atoms. The number of para-hydroxylation sites is 1. The number of hydrogen-bond acceptors (Lipinski definition) is 4. The topological polar surface area (TPSA) is 51.2 Å². The van der Waals surface area contributed by atoms with Gasteiger partial charge in [0.1, 0.15) is 5.75 Å². The Kier molecular flexibility index (Phi) is 5.80. The molecular formula is C16H19ClN2O2S. The molecule has 6 heteroatoms. The third-order valence-electron chi connectivity index (χ3n) is 3.13. The van der Waals surface area contributed by atoms with Crippen molar-refractivity contribution in [2.75, 3.05) is 5.32 Å². The summed E-state index contributed by atoms with van der Waals surface area (Å²) in [5.74, 6) is 1.17. The summed E-state index contributed by atoms with van der Waals surface area (Å²) in [5.41, 5.74) is 1.83. The summed E-state index contributed by atoms with van der Waals surface area (Å²) in [7, 11) is 0. The number of carbonyl (C=O) groups is 1. The molecule has 118 valence electrons. The average molecular weight is 339 g/mol. The molecule has 2 rings (SSSR count). The number of thiazole rings is 1. The number of aromatic nitrogens is 1. The molecule has 1 aromatic carbocycles. The normalized spacial score (nSPS) is 12.2. The quantitative estimate of drug-likeness (QED) is 0.794. The van der Waals surface area contributed by atoms with Crippen molar-refractivity contribution in [2.45, 2.75) is 38.7 Å². The van der Waals surface area contributed by atoms with Crippen LogP contribution in [0.1, 0.15) is 37.9 Å². The van der Waals surface area contributed by atoms with E-state index >= 15 is 0 Å². The number of hydrogen-bond donors (Lipinski definition) is 1. The van der Waals surface area contributed by atoms with Crippen LogP contribution in [0.4, 0.5) is 5.13 Å². The number of amides is 1. The van der Waals surface area contributed by atoms with Crippen molar-refractivity contribution in [3.05, 3.63) is 40.9 Å². The Labute approximate surface area is 139 Å². The Hall–Kier alpha value is -1.59. The lowest BCUT2D eigenvalue weighted by molar-refractivity contribution is -0.122. The molecule has 1 heterocycles. The van der Waals surface area contributed by atoms with Crippen LogP contribution in [0.25, 0.3) is 0 Å². The third kappa shape index (κ3) is 4.21. The van der Waals surface area contributed by atoms with E-state index in [4.69, 9.17) is 16.3 Å². The number of carbonyl (C=O) groups excluding carboxylic acids is 1. The Balaban J connectivity index is 2.02. The Bertz CT molecular complexity index is 643. The lowest BCUT2D eigenvalue weighted by Crippen LogP contribution is -2.30. The second-order valence-electron chi connectivity index (χ2n) is 5.22. The van der Waals surface area contributed by atoms with Crippen LogP contribution in [0.3, 0.4) is 0 Å². The highest BCUT2D eigenvalue weighted by Gasteiger charge is 2.18. The molecule has 0 fully saturated rings. The molecule has 0 aliphatic carbocycles. The van der Waals surface area contributed by atoms with E-state index in [0.29, 0.717) is 16.9 Å². The highest BCUT2D eigenvalue weighted by Crippen LogP contribution is 2.27. The molecule has 4 nitrogen and oxygen atoms in total. The van der Waals surface area contributed by atoms with Gasteiger partial charge in [-0.1, -0.05) is 32.0 Å². The largest absolute Gasteiger partial charge is 0.481 e. The minimum Gasteiger partial charge on any atom is -0.481 e. The number of nitrogens with one attached hydrogen (secondary N) is 1. The monoisotopic (exact) mass is 338 g/mol. The summed E-state index contributed by atoms with van der Waals surface area (Å²) in [4.78, 5) is 16.4. The first kappa shape index (κ1) is 16.8. The van der Waals surface area contributed by atoms with Gasteiger partial charge < -0.3 is 4.74 Å². The van der Waals surface area contributed by atoms with Crippen molar-refractivity contribution in [3.63, 3.8) is 0 Å². The molecule has 0 radical (unpaired) electrons. The first-order valence-electron chi connectivity index (χ1n) is 7.08. The number of nitrogens with zero attached hydrogens (tertiary/aromatic N) is 1. The predicted molar refractivity (Wildman–Crippen MR) is 90.9 cm³/mol. The van der Waals surface area contributed by atoms with E-state index in [1.807, 2.05) is 29.6 Å². The maximum atomic E-state index is 12.2. The maximum Gasteiger partial charge on any atom is 0.266 e. The van der Waals surface area contributed by atoms with Gasteiger partial charge in [0, 0.05) is 5.38 Å². The highest BCUT2D eigenvalue weighted by atomic mass is 35.5. The second kappa shape index (κ2) is 7.61. The zero-order valence-electron chi connectivity index (χ0n) is 12.8. The van der Waals surface area contributed by atoms with E-state index in [1.54, 1.807) is 6.92 Å². The fraction of sp³-hybridized carbons (Fsp3) is 0.375. The van der Waals surface area contributed by atoms with Crippen molar-refractivity contribution >= 4 is 34.0 Å². The van der Waals surface area contributed by atoms with E-state index in [2.05, 4.69) is 24.1 Å². The van der Waals surface area contributed by atoms with Gasteiger partial charge in [0.2, 0.25) is 0 Å².